The van der Waals surface area contributed by atoms with Crippen LogP contribution in [0.4, 0.5) is 0 Å². The van der Waals surface area contributed by atoms with Gasteiger partial charge in [0, 0.05) is 0 Å². The van der Waals surface area contributed by atoms with E-state index < -0.39 is 0 Å². The number of hydrogen-bond acceptors (Lipinski definition) is 0. The van der Waals surface area contributed by atoms with E-state index in [2.05, 4.69) is 133 Å². The molecule has 7 aromatic rings. The molecule has 0 aliphatic heterocycles. The molecule has 0 nitrogen and oxygen atoms in total. The molecule has 166 valence electrons. The molecule has 0 amide bonds. The summed E-state index contributed by atoms with van der Waals surface area (Å²) in [5.74, 6) is 0. The molecule has 0 aliphatic carbocycles. The van der Waals surface area contributed by atoms with E-state index in [-0.39, 0.29) is 7.43 Å². The van der Waals surface area contributed by atoms with Crippen LogP contribution in [0.15, 0.2) is 133 Å². The zero-order valence-corrected chi connectivity index (χ0v) is 18.7. The Balaban J connectivity index is 0.00000229. The van der Waals surface area contributed by atoms with Crippen LogP contribution < -0.4 is 0 Å². The molecule has 0 radical (unpaired) electrons. The quantitative estimate of drug-likeness (QED) is 0.183. The fourth-order valence-electron chi connectivity index (χ4n) is 5.60. The van der Waals surface area contributed by atoms with Crippen molar-refractivity contribution in [3.63, 3.8) is 0 Å². The summed E-state index contributed by atoms with van der Waals surface area (Å²) in [7, 11) is 0. The van der Waals surface area contributed by atoms with Crippen LogP contribution in [0, 0.1) is 0 Å². The Labute approximate surface area is 206 Å². The van der Waals surface area contributed by atoms with Crippen molar-refractivity contribution in [2.75, 3.05) is 0 Å². The Bertz CT molecular complexity index is 1790. The molecule has 0 N–H and O–H groups in total. The molecule has 0 atom stereocenters. The van der Waals surface area contributed by atoms with Gasteiger partial charge in [0.05, 0.1) is 0 Å². The van der Waals surface area contributed by atoms with Gasteiger partial charge in [0.15, 0.2) is 0 Å². The maximum Gasteiger partial charge on any atom is -0.00199 e. The highest BCUT2D eigenvalue weighted by molar-refractivity contribution is 6.25. The second-order valence-electron chi connectivity index (χ2n) is 8.90. The van der Waals surface area contributed by atoms with Crippen molar-refractivity contribution in [1.82, 2.24) is 0 Å². The minimum atomic E-state index is 0. The lowest BCUT2D eigenvalue weighted by Crippen LogP contribution is -1.92. The fourth-order valence-corrected chi connectivity index (χ4v) is 5.60. The highest BCUT2D eigenvalue weighted by Gasteiger charge is 2.18. The third kappa shape index (κ3) is 3.22. The van der Waals surface area contributed by atoms with Gasteiger partial charge in [-0.3, -0.25) is 0 Å². The zero-order chi connectivity index (χ0) is 22.5. The van der Waals surface area contributed by atoms with Crippen LogP contribution in [0.25, 0.3) is 65.3 Å². The van der Waals surface area contributed by atoms with Crippen molar-refractivity contribution in [3.05, 3.63) is 133 Å². The molecule has 0 fully saturated rings. The van der Waals surface area contributed by atoms with Gasteiger partial charge in [0.25, 0.3) is 0 Å². The van der Waals surface area contributed by atoms with Crippen LogP contribution >= 0.6 is 0 Å². The highest BCUT2D eigenvalue weighted by atomic mass is 14.2. The van der Waals surface area contributed by atoms with Gasteiger partial charge in [-0.2, -0.15) is 0 Å². The zero-order valence-electron chi connectivity index (χ0n) is 18.7. The Kier molecular flexibility index (Phi) is 5.08. The Morgan fingerprint density at radius 3 is 1.34 bits per heavy atom. The Morgan fingerprint density at radius 1 is 0.314 bits per heavy atom. The average molecular weight is 447 g/mol. The predicted octanol–water partition coefficient (Wildman–Crippen LogP) is 10.3. The summed E-state index contributed by atoms with van der Waals surface area (Å²) in [6, 6.07) is 48.5. The molecule has 0 saturated heterocycles. The summed E-state index contributed by atoms with van der Waals surface area (Å²) in [6.07, 6.45) is 0. The summed E-state index contributed by atoms with van der Waals surface area (Å²) in [5.41, 5.74) is 5.17. The van der Waals surface area contributed by atoms with Crippen LogP contribution in [-0.2, 0) is 0 Å². The van der Waals surface area contributed by atoms with Gasteiger partial charge in [-0.05, 0) is 71.4 Å². The fraction of sp³-hybridized carbons (Fsp3) is 0.0286. The van der Waals surface area contributed by atoms with Crippen LogP contribution in [0.5, 0.6) is 0 Å². The lowest BCUT2D eigenvalue weighted by molar-refractivity contribution is 1.67. The summed E-state index contributed by atoms with van der Waals surface area (Å²) >= 11 is 0. The molecular formula is C35H26. The molecule has 0 aromatic heterocycles. The Hall–Kier alpha value is -4.42. The van der Waals surface area contributed by atoms with E-state index in [1.165, 1.54) is 65.3 Å². The molecule has 0 heteroatoms. The van der Waals surface area contributed by atoms with Crippen molar-refractivity contribution < 1.29 is 0 Å². The standard InChI is InChI=1S/C34H22.CH4/c1-2-12-23(13-3-1)33-28-18-8-10-20-30(28)34(31-21-11-9-19-29(31)33)32-22-24-14-4-5-15-25(24)26-16-6-7-17-27(26)32;/h1-22H;1H4. The van der Waals surface area contributed by atoms with Crippen LogP contribution in [0.3, 0.4) is 0 Å². The van der Waals surface area contributed by atoms with Gasteiger partial charge < -0.3 is 0 Å². The molecular weight excluding hydrogens is 420 g/mol. The lowest BCUT2D eigenvalue weighted by atomic mass is 9.84. The topological polar surface area (TPSA) is 0 Å². The lowest BCUT2D eigenvalue weighted by Gasteiger charge is -2.19. The van der Waals surface area contributed by atoms with Crippen molar-refractivity contribution >= 4 is 43.1 Å². The minimum absolute atomic E-state index is 0. The largest absolute Gasteiger partial charge is 0.0776 e. The molecule has 0 unspecified atom stereocenters. The van der Waals surface area contributed by atoms with E-state index in [0.29, 0.717) is 0 Å². The van der Waals surface area contributed by atoms with E-state index in [1.54, 1.807) is 0 Å². The number of fused-ring (bicyclic) bond motifs is 5. The van der Waals surface area contributed by atoms with Gasteiger partial charge >= 0.3 is 0 Å². The normalized spacial score (nSPS) is 11.2. The third-order valence-corrected chi connectivity index (χ3v) is 7.03. The predicted molar refractivity (Wildman–Crippen MR) is 154 cm³/mol. The first-order valence-electron chi connectivity index (χ1n) is 11.8. The first kappa shape index (κ1) is 21.1. The molecule has 35 heavy (non-hydrogen) atoms. The van der Waals surface area contributed by atoms with Crippen molar-refractivity contribution in [2.45, 2.75) is 7.43 Å². The van der Waals surface area contributed by atoms with Crippen molar-refractivity contribution in [3.8, 4) is 22.3 Å². The molecule has 0 aliphatic rings. The molecule has 0 bridgehead atoms. The molecule has 0 heterocycles. The maximum atomic E-state index is 2.38. The third-order valence-electron chi connectivity index (χ3n) is 7.03. The first-order chi connectivity index (χ1) is 16.9. The second-order valence-corrected chi connectivity index (χ2v) is 8.90. The number of benzene rings is 7. The maximum absolute atomic E-state index is 2.38. The van der Waals surface area contributed by atoms with Gasteiger partial charge in [-0.1, -0.05) is 135 Å². The van der Waals surface area contributed by atoms with Gasteiger partial charge in [0.1, 0.15) is 0 Å². The van der Waals surface area contributed by atoms with E-state index in [1.807, 2.05) is 0 Å². The van der Waals surface area contributed by atoms with E-state index in [4.69, 9.17) is 0 Å². The van der Waals surface area contributed by atoms with E-state index in [0.717, 1.165) is 0 Å². The summed E-state index contributed by atoms with van der Waals surface area (Å²) in [4.78, 5) is 0. The Morgan fingerprint density at radius 2 is 0.743 bits per heavy atom. The summed E-state index contributed by atoms with van der Waals surface area (Å²) in [6.45, 7) is 0. The first-order valence-corrected chi connectivity index (χ1v) is 11.8. The van der Waals surface area contributed by atoms with Gasteiger partial charge in [-0.25, -0.2) is 0 Å². The number of hydrogen-bond donors (Lipinski definition) is 0. The van der Waals surface area contributed by atoms with E-state index >= 15 is 0 Å². The van der Waals surface area contributed by atoms with Crippen molar-refractivity contribution in [2.24, 2.45) is 0 Å². The highest BCUT2D eigenvalue weighted by Crippen LogP contribution is 2.46. The van der Waals surface area contributed by atoms with Crippen molar-refractivity contribution in [1.29, 1.82) is 0 Å². The average Bonchev–Trinajstić information content (AvgIpc) is 2.92. The smallest absolute Gasteiger partial charge is 0.00199 e. The minimum Gasteiger partial charge on any atom is -0.0776 e. The molecule has 7 rings (SSSR count). The van der Waals surface area contributed by atoms with Gasteiger partial charge in [0.2, 0.25) is 0 Å². The monoisotopic (exact) mass is 446 g/mol. The summed E-state index contributed by atoms with van der Waals surface area (Å²) in [5, 5.41) is 10.3. The molecule has 7 aromatic carbocycles. The molecule has 0 saturated carbocycles. The van der Waals surface area contributed by atoms with Gasteiger partial charge in [-0.15, -0.1) is 0 Å². The SMILES string of the molecule is C.c1ccc(-c2c3ccccc3c(-c3cc4ccccc4c4ccccc34)c3ccccc23)cc1. The second kappa shape index (κ2) is 8.42. The molecule has 0 spiro atoms. The number of rotatable bonds is 2. The summed E-state index contributed by atoms with van der Waals surface area (Å²) < 4.78 is 0. The van der Waals surface area contributed by atoms with Crippen LogP contribution in [-0.4, -0.2) is 0 Å². The van der Waals surface area contributed by atoms with Crippen LogP contribution in [0.2, 0.25) is 0 Å². The van der Waals surface area contributed by atoms with Crippen LogP contribution in [0.1, 0.15) is 7.43 Å². The van der Waals surface area contributed by atoms with E-state index in [9.17, 15) is 0 Å².